The van der Waals surface area contributed by atoms with Gasteiger partial charge < -0.3 is 0 Å². The Morgan fingerprint density at radius 2 is 1.89 bits per heavy atom. The van der Waals surface area contributed by atoms with Gasteiger partial charge in [0.05, 0.1) is 10.3 Å². The molecule has 0 saturated heterocycles. The van der Waals surface area contributed by atoms with Gasteiger partial charge in [-0.25, -0.2) is 9.37 Å². The molecule has 0 saturated carbocycles. The minimum atomic E-state index is -0.212. The summed E-state index contributed by atoms with van der Waals surface area (Å²) in [5, 5.41) is 0. The molecule has 0 spiro atoms. The van der Waals surface area contributed by atoms with E-state index in [1.807, 2.05) is 28.8 Å². The van der Waals surface area contributed by atoms with Gasteiger partial charge in [0.15, 0.2) is 0 Å². The number of hydrogen-bond donors (Lipinski definition) is 0. The second kappa shape index (κ2) is 4.53. The molecule has 0 unspecified atom stereocenters. The van der Waals surface area contributed by atoms with Gasteiger partial charge in [0.2, 0.25) is 0 Å². The summed E-state index contributed by atoms with van der Waals surface area (Å²) in [6, 6.07) is 12.4. The van der Waals surface area contributed by atoms with Crippen LogP contribution in [0.25, 0.3) is 5.65 Å². The highest BCUT2D eigenvalue weighted by atomic mass is 79.9. The lowest BCUT2D eigenvalue weighted by atomic mass is 10.1. The molecule has 0 N–H and O–H groups in total. The van der Waals surface area contributed by atoms with Crippen molar-refractivity contribution in [2.45, 2.75) is 6.42 Å². The van der Waals surface area contributed by atoms with Crippen LogP contribution in [-0.4, -0.2) is 9.38 Å². The second-order valence-corrected chi connectivity index (χ2v) is 4.92. The molecule has 2 aromatic heterocycles. The monoisotopic (exact) mass is 304 g/mol. The molecule has 0 fully saturated rings. The number of fused-ring (bicyclic) bond motifs is 1. The third kappa shape index (κ3) is 2.16. The molecule has 0 aliphatic heterocycles. The smallest absolute Gasteiger partial charge is 0.137 e. The quantitative estimate of drug-likeness (QED) is 0.658. The zero-order chi connectivity index (χ0) is 12.5. The van der Waals surface area contributed by atoms with E-state index in [1.165, 1.54) is 12.1 Å². The van der Waals surface area contributed by atoms with E-state index >= 15 is 0 Å². The second-order valence-electron chi connectivity index (χ2n) is 4.11. The summed E-state index contributed by atoms with van der Waals surface area (Å²) in [5.41, 5.74) is 2.92. The Morgan fingerprint density at radius 3 is 2.61 bits per heavy atom. The van der Waals surface area contributed by atoms with Gasteiger partial charge in [0.25, 0.3) is 0 Å². The van der Waals surface area contributed by atoms with E-state index < -0.39 is 0 Å². The van der Waals surface area contributed by atoms with Crippen molar-refractivity contribution < 1.29 is 4.39 Å². The summed E-state index contributed by atoms with van der Waals surface area (Å²) in [7, 11) is 0. The highest BCUT2D eigenvalue weighted by molar-refractivity contribution is 9.10. The first-order chi connectivity index (χ1) is 8.72. The largest absolute Gasteiger partial charge is 0.294 e. The minimum absolute atomic E-state index is 0.212. The number of aromatic nitrogens is 2. The molecule has 90 valence electrons. The number of benzene rings is 1. The lowest BCUT2D eigenvalue weighted by molar-refractivity contribution is 0.627. The fourth-order valence-corrected chi connectivity index (χ4v) is 2.36. The van der Waals surface area contributed by atoms with Crippen LogP contribution >= 0.6 is 15.9 Å². The summed E-state index contributed by atoms with van der Waals surface area (Å²) in [6.07, 6.45) is 2.69. The molecular weight excluding hydrogens is 295 g/mol. The fraction of sp³-hybridized carbons (Fsp3) is 0.0714. The number of hydrogen-bond acceptors (Lipinski definition) is 1. The first-order valence-electron chi connectivity index (χ1n) is 5.59. The molecule has 0 amide bonds. The molecule has 3 aromatic rings. The van der Waals surface area contributed by atoms with Gasteiger partial charge in [0, 0.05) is 12.6 Å². The molecule has 2 nitrogen and oxygen atoms in total. The average Bonchev–Trinajstić information content (AvgIpc) is 2.76. The van der Waals surface area contributed by atoms with Crippen molar-refractivity contribution in [2.75, 3.05) is 0 Å². The van der Waals surface area contributed by atoms with E-state index in [0.29, 0.717) is 6.42 Å². The maximum atomic E-state index is 12.8. The number of nitrogens with zero attached hydrogens (tertiary/aromatic N) is 2. The van der Waals surface area contributed by atoms with Crippen molar-refractivity contribution in [3.8, 4) is 0 Å². The van der Waals surface area contributed by atoms with Gasteiger partial charge in [-0.1, -0.05) is 18.2 Å². The number of imidazole rings is 1. The van der Waals surface area contributed by atoms with Crippen LogP contribution in [0.15, 0.2) is 53.3 Å². The van der Waals surface area contributed by atoms with Crippen molar-refractivity contribution in [1.29, 1.82) is 0 Å². The normalized spacial score (nSPS) is 11.0. The lowest BCUT2D eigenvalue weighted by Crippen LogP contribution is -1.88. The zero-order valence-electron chi connectivity index (χ0n) is 9.48. The SMILES string of the molecule is Fc1ccc(Cc2cn3c(Br)cccc3n2)cc1. The summed E-state index contributed by atoms with van der Waals surface area (Å²) >= 11 is 3.48. The zero-order valence-corrected chi connectivity index (χ0v) is 11.1. The average molecular weight is 305 g/mol. The van der Waals surface area contributed by atoms with Gasteiger partial charge in [0.1, 0.15) is 11.5 Å². The first-order valence-corrected chi connectivity index (χ1v) is 6.38. The van der Waals surface area contributed by atoms with Crippen LogP contribution in [0.4, 0.5) is 4.39 Å². The Kier molecular flexibility index (Phi) is 2.88. The summed E-state index contributed by atoms with van der Waals surface area (Å²) in [5.74, 6) is -0.212. The van der Waals surface area contributed by atoms with Crippen LogP contribution in [0.3, 0.4) is 0 Å². The molecule has 4 heteroatoms. The van der Waals surface area contributed by atoms with Crippen molar-refractivity contribution in [1.82, 2.24) is 9.38 Å². The summed E-state index contributed by atoms with van der Waals surface area (Å²) in [4.78, 5) is 4.53. The number of halogens is 2. The first kappa shape index (κ1) is 11.4. The Hall–Kier alpha value is -1.68. The lowest BCUT2D eigenvalue weighted by Gasteiger charge is -1.97. The summed E-state index contributed by atoms with van der Waals surface area (Å²) < 4.78 is 15.8. The molecule has 0 bridgehead atoms. The molecular formula is C14H10BrFN2. The molecule has 0 radical (unpaired) electrons. The van der Waals surface area contributed by atoms with E-state index in [0.717, 1.165) is 21.5 Å². The van der Waals surface area contributed by atoms with Gasteiger partial charge in [-0.3, -0.25) is 4.40 Å². The third-order valence-corrected chi connectivity index (χ3v) is 3.44. The Morgan fingerprint density at radius 1 is 1.11 bits per heavy atom. The van der Waals surface area contributed by atoms with Crippen LogP contribution in [-0.2, 0) is 6.42 Å². The van der Waals surface area contributed by atoms with Crippen molar-refractivity contribution in [2.24, 2.45) is 0 Å². The molecule has 1 aromatic carbocycles. The molecule has 3 rings (SSSR count). The molecule has 2 heterocycles. The van der Waals surface area contributed by atoms with Gasteiger partial charge in [-0.05, 0) is 45.8 Å². The van der Waals surface area contributed by atoms with Crippen LogP contribution in [0.5, 0.6) is 0 Å². The Bertz CT molecular complexity index is 689. The predicted molar refractivity (Wildman–Crippen MR) is 72.1 cm³/mol. The highest BCUT2D eigenvalue weighted by Crippen LogP contribution is 2.16. The van der Waals surface area contributed by atoms with Crippen molar-refractivity contribution in [3.63, 3.8) is 0 Å². The van der Waals surface area contributed by atoms with Gasteiger partial charge in [-0.15, -0.1) is 0 Å². The number of pyridine rings is 1. The highest BCUT2D eigenvalue weighted by Gasteiger charge is 2.04. The molecule has 0 atom stereocenters. The van der Waals surface area contributed by atoms with E-state index in [4.69, 9.17) is 0 Å². The maximum Gasteiger partial charge on any atom is 0.137 e. The molecule has 18 heavy (non-hydrogen) atoms. The summed E-state index contributed by atoms with van der Waals surface area (Å²) in [6.45, 7) is 0. The van der Waals surface area contributed by atoms with E-state index in [9.17, 15) is 4.39 Å². The Balaban J connectivity index is 1.95. The van der Waals surface area contributed by atoms with Crippen LogP contribution in [0.2, 0.25) is 0 Å². The van der Waals surface area contributed by atoms with E-state index in [2.05, 4.69) is 20.9 Å². The molecule has 0 aliphatic carbocycles. The third-order valence-electron chi connectivity index (χ3n) is 2.79. The van der Waals surface area contributed by atoms with E-state index in [1.54, 1.807) is 12.1 Å². The minimum Gasteiger partial charge on any atom is -0.294 e. The van der Waals surface area contributed by atoms with Crippen LogP contribution in [0.1, 0.15) is 11.3 Å². The van der Waals surface area contributed by atoms with Gasteiger partial charge in [-0.2, -0.15) is 0 Å². The van der Waals surface area contributed by atoms with Crippen molar-refractivity contribution >= 4 is 21.6 Å². The predicted octanol–water partition coefficient (Wildman–Crippen LogP) is 3.83. The topological polar surface area (TPSA) is 17.3 Å². The standard InChI is InChI=1S/C14H10BrFN2/c15-13-2-1-3-14-17-12(9-18(13)14)8-10-4-6-11(16)7-5-10/h1-7,9H,8H2. The van der Waals surface area contributed by atoms with Crippen LogP contribution in [0, 0.1) is 5.82 Å². The Labute approximate surface area is 112 Å². The number of rotatable bonds is 2. The van der Waals surface area contributed by atoms with E-state index in [-0.39, 0.29) is 5.82 Å². The van der Waals surface area contributed by atoms with Crippen LogP contribution < -0.4 is 0 Å². The maximum absolute atomic E-state index is 12.8. The fourth-order valence-electron chi connectivity index (χ4n) is 1.92. The van der Waals surface area contributed by atoms with Crippen molar-refractivity contribution in [3.05, 3.63) is 70.3 Å². The molecule has 0 aliphatic rings. The van der Waals surface area contributed by atoms with Gasteiger partial charge >= 0.3 is 0 Å².